The molecule has 0 saturated carbocycles. The first-order chi connectivity index (χ1) is 9.40. The van der Waals surface area contributed by atoms with Gasteiger partial charge in [-0.3, -0.25) is 0 Å². The molecule has 0 aromatic carbocycles. The fraction of sp³-hybridized carbons (Fsp3) is 0.643. The Bertz CT molecular complexity index is 560. The molecule has 0 saturated heterocycles. The summed E-state index contributed by atoms with van der Waals surface area (Å²) < 4.78 is 2.27. The van der Waals surface area contributed by atoms with Crippen molar-refractivity contribution in [2.45, 2.75) is 52.0 Å². The Labute approximate surface area is 113 Å². The van der Waals surface area contributed by atoms with Crippen molar-refractivity contribution < 1.29 is 0 Å². The molecule has 3 rings (SSSR count). The number of nitrogens with one attached hydrogen (secondary N) is 1. The summed E-state index contributed by atoms with van der Waals surface area (Å²) in [6, 6.07) is 0. The Balaban J connectivity index is 1.96. The molecular weight excluding hydrogens is 238 g/mol. The monoisotopic (exact) mass is 259 g/mol. The minimum atomic E-state index is 0.888. The average molecular weight is 259 g/mol. The zero-order valence-corrected chi connectivity index (χ0v) is 11.5. The van der Waals surface area contributed by atoms with Gasteiger partial charge in [0.2, 0.25) is 0 Å². The van der Waals surface area contributed by atoms with Crippen LogP contribution in [0.2, 0.25) is 0 Å². The zero-order chi connectivity index (χ0) is 13.1. The highest BCUT2D eigenvalue weighted by Crippen LogP contribution is 2.23. The van der Waals surface area contributed by atoms with Gasteiger partial charge < -0.3 is 9.88 Å². The molecule has 0 bridgehead atoms. The number of aryl methyl sites for hydroxylation is 2. The molecule has 1 aliphatic rings. The molecule has 3 heterocycles. The van der Waals surface area contributed by atoms with Crippen LogP contribution in [0, 0.1) is 0 Å². The molecule has 0 fully saturated rings. The van der Waals surface area contributed by atoms with Gasteiger partial charge in [-0.2, -0.15) is 0 Å². The third-order valence-corrected chi connectivity index (χ3v) is 3.72. The summed E-state index contributed by atoms with van der Waals surface area (Å²) in [6.45, 7) is 4.18. The molecule has 0 spiro atoms. The first-order valence-corrected chi connectivity index (χ1v) is 7.34. The molecule has 2 aromatic heterocycles. The topological polar surface area (TPSA) is 55.6 Å². The van der Waals surface area contributed by atoms with Crippen LogP contribution < -0.4 is 5.32 Å². The predicted molar refractivity (Wildman–Crippen MR) is 76.3 cm³/mol. The van der Waals surface area contributed by atoms with E-state index in [9.17, 15) is 0 Å². The van der Waals surface area contributed by atoms with Crippen LogP contribution in [0.25, 0.3) is 11.2 Å². The molecule has 0 atom stereocenters. The van der Waals surface area contributed by atoms with E-state index >= 15 is 0 Å². The van der Waals surface area contributed by atoms with Gasteiger partial charge >= 0.3 is 0 Å². The van der Waals surface area contributed by atoms with Crippen molar-refractivity contribution in [1.29, 1.82) is 0 Å². The van der Waals surface area contributed by atoms with Gasteiger partial charge in [-0.1, -0.05) is 19.8 Å². The van der Waals surface area contributed by atoms with E-state index in [0.29, 0.717) is 0 Å². The minimum absolute atomic E-state index is 0.888. The van der Waals surface area contributed by atoms with E-state index in [0.717, 1.165) is 42.9 Å². The second-order valence-corrected chi connectivity index (χ2v) is 5.17. The summed E-state index contributed by atoms with van der Waals surface area (Å²) in [6.07, 6.45) is 8.79. The fourth-order valence-electron chi connectivity index (χ4n) is 2.65. The number of hydrogen-bond donors (Lipinski definition) is 1. The minimum Gasteiger partial charge on any atom is -0.368 e. The van der Waals surface area contributed by atoms with Crippen molar-refractivity contribution in [1.82, 2.24) is 19.5 Å². The SMILES string of the molecule is CCCCNc1ncnc2c1nc1n2CCCCC1. The molecule has 0 unspecified atom stereocenters. The Hall–Kier alpha value is -1.65. The molecule has 0 amide bonds. The summed E-state index contributed by atoms with van der Waals surface area (Å²) in [7, 11) is 0. The van der Waals surface area contributed by atoms with Gasteiger partial charge in [-0.05, 0) is 19.3 Å². The highest BCUT2D eigenvalue weighted by molar-refractivity contribution is 5.83. The summed E-state index contributed by atoms with van der Waals surface area (Å²) in [4.78, 5) is 13.5. The van der Waals surface area contributed by atoms with Gasteiger partial charge in [-0.25, -0.2) is 15.0 Å². The molecule has 1 N–H and O–H groups in total. The van der Waals surface area contributed by atoms with Crippen LogP contribution in [-0.2, 0) is 13.0 Å². The van der Waals surface area contributed by atoms with Crippen LogP contribution in [0.4, 0.5) is 5.82 Å². The lowest BCUT2D eigenvalue weighted by molar-refractivity contribution is 0.643. The normalized spacial score (nSPS) is 15.2. The fourth-order valence-corrected chi connectivity index (χ4v) is 2.65. The molecular formula is C14H21N5. The third-order valence-electron chi connectivity index (χ3n) is 3.72. The number of hydrogen-bond acceptors (Lipinski definition) is 4. The maximum absolute atomic E-state index is 4.77. The number of unbranched alkanes of at least 4 members (excludes halogenated alkanes) is 1. The lowest BCUT2D eigenvalue weighted by Gasteiger charge is -2.05. The summed E-state index contributed by atoms with van der Waals surface area (Å²) in [5.41, 5.74) is 1.93. The molecule has 102 valence electrons. The molecule has 19 heavy (non-hydrogen) atoms. The van der Waals surface area contributed by atoms with E-state index in [-0.39, 0.29) is 0 Å². The number of aromatic nitrogens is 4. The van der Waals surface area contributed by atoms with Gasteiger partial charge in [0, 0.05) is 19.5 Å². The van der Waals surface area contributed by atoms with Crippen LogP contribution in [0.5, 0.6) is 0 Å². The average Bonchev–Trinajstić information content (AvgIpc) is 2.63. The summed E-state index contributed by atoms with van der Waals surface area (Å²) >= 11 is 0. The van der Waals surface area contributed by atoms with Crippen molar-refractivity contribution in [2.75, 3.05) is 11.9 Å². The van der Waals surface area contributed by atoms with Crippen molar-refractivity contribution in [3.8, 4) is 0 Å². The Morgan fingerprint density at radius 2 is 2.21 bits per heavy atom. The summed E-state index contributed by atoms with van der Waals surface area (Å²) in [5, 5.41) is 3.39. The van der Waals surface area contributed by atoms with Crippen LogP contribution in [0.3, 0.4) is 0 Å². The van der Waals surface area contributed by atoms with Gasteiger partial charge in [0.25, 0.3) is 0 Å². The molecule has 0 aliphatic carbocycles. The molecule has 5 heteroatoms. The van der Waals surface area contributed by atoms with E-state index < -0.39 is 0 Å². The lowest BCUT2D eigenvalue weighted by Crippen LogP contribution is -2.05. The predicted octanol–water partition coefficient (Wildman–Crippen LogP) is 2.76. The number of anilines is 1. The van der Waals surface area contributed by atoms with Crippen LogP contribution in [0.15, 0.2) is 6.33 Å². The van der Waals surface area contributed by atoms with Crippen molar-refractivity contribution in [3.63, 3.8) is 0 Å². The van der Waals surface area contributed by atoms with E-state index in [1.54, 1.807) is 6.33 Å². The molecule has 2 aromatic rings. The maximum Gasteiger partial charge on any atom is 0.165 e. The Morgan fingerprint density at radius 1 is 1.26 bits per heavy atom. The van der Waals surface area contributed by atoms with Gasteiger partial charge in [-0.15, -0.1) is 0 Å². The Morgan fingerprint density at radius 3 is 3.11 bits per heavy atom. The second-order valence-electron chi connectivity index (χ2n) is 5.17. The number of imidazole rings is 1. The molecule has 1 aliphatic heterocycles. The van der Waals surface area contributed by atoms with Gasteiger partial charge in [0.05, 0.1) is 0 Å². The van der Waals surface area contributed by atoms with E-state index in [4.69, 9.17) is 4.98 Å². The smallest absolute Gasteiger partial charge is 0.165 e. The highest BCUT2D eigenvalue weighted by Gasteiger charge is 2.17. The molecule has 0 radical (unpaired) electrons. The van der Waals surface area contributed by atoms with Crippen LogP contribution >= 0.6 is 0 Å². The van der Waals surface area contributed by atoms with Gasteiger partial charge in [0.15, 0.2) is 17.0 Å². The number of nitrogens with zero attached hydrogens (tertiary/aromatic N) is 4. The van der Waals surface area contributed by atoms with E-state index in [1.165, 1.54) is 31.5 Å². The largest absolute Gasteiger partial charge is 0.368 e. The first-order valence-electron chi connectivity index (χ1n) is 7.34. The maximum atomic E-state index is 4.77. The second kappa shape index (κ2) is 5.55. The van der Waals surface area contributed by atoms with Crippen LogP contribution in [-0.4, -0.2) is 26.1 Å². The number of rotatable bonds is 4. The quantitative estimate of drug-likeness (QED) is 0.858. The first kappa shape index (κ1) is 12.4. The van der Waals surface area contributed by atoms with Gasteiger partial charge in [0.1, 0.15) is 12.2 Å². The van der Waals surface area contributed by atoms with E-state index in [1.807, 2.05) is 0 Å². The van der Waals surface area contributed by atoms with Crippen molar-refractivity contribution in [2.24, 2.45) is 0 Å². The van der Waals surface area contributed by atoms with Crippen molar-refractivity contribution >= 4 is 17.0 Å². The Kier molecular flexibility index (Phi) is 3.62. The highest BCUT2D eigenvalue weighted by atomic mass is 15.2. The summed E-state index contributed by atoms with van der Waals surface area (Å²) in [5.74, 6) is 2.06. The lowest BCUT2D eigenvalue weighted by atomic mass is 10.2. The number of fused-ring (bicyclic) bond motifs is 3. The van der Waals surface area contributed by atoms with E-state index in [2.05, 4.69) is 26.8 Å². The van der Waals surface area contributed by atoms with Crippen molar-refractivity contribution in [3.05, 3.63) is 12.2 Å². The third kappa shape index (κ3) is 2.41. The van der Waals surface area contributed by atoms with Crippen LogP contribution in [0.1, 0.15) is 44.9 Å². The zero-order valence-electron chi connectivity index (χ0n) is 11.5. The standard InChI is InChI=1S/C14H21N5/c1-2-3-8-15-13-12-14(17-10-16-13)19-9-6-4-5-7-11(19)18-12/h10H,2-9H2,1H3,(H,15,16,17). The molecule has 5 nitrogen and oxygen atoms in total.